The standard InChI is InChI=1S/C19H17F2N7O/c20-15(21)18-24-12-3-1-2-4-13(12)28(18)17-14-16(23-9-22-14)25-19(26-17)27-7-10-5-6-11(8-27)29-10/h1-4,9-11,15H,5-8H2,(H,22,23,25,26)/t10-,11?/m0/s1. The van der Waals surface area contributed by atoms with E-state index >= 15 is 0 Å². The average Bonchev–Trinajstić information content (AvgIpc) is 3.43. The van der Waals surface area contributed by atoms with E-state index in [0.717, 1.165) is 12.8 Å². The Bertz CT molecular complexity index is 1210. The van der Waals surface area contributed by atoms with Gasteiger partial charge in [0.2, 0.25) is 5.95 Å². The molecule has 148 valence electrons. The number of morpholine rings is 1. The predicted octanol–water partition coefficient (Wildman–Crippen LogP) is 3.00. The summed E-state index contributed by atoms with van der Waals surface area (Å²) in [4.78, 5) is 22.7. The average molecular weight is 397 g/mol. The lowest BCUT2D eigenvalue weighted by molar-refractivity contribution is 0.0299. The SMILES string of the molecule is FC(F)c1nc2ccccc2n1-c1nc(N2CC3CC[C@@H](C2)O3)nc2nc[nH]c12. The van der Waals surface area contributed by atoms with E-state index in [2.05, 4.69) is 24.8 Å². The van der Waals surface area contributed by atoms with Crippen molar-refractivity contribution in [3.8, 4) is 5.82 Å². The highest BCUT2D eigenvalue weighted by molar-refractivity contribution is 5.85. The molecule has 0 amide bonds. The summed E-state index contributed by atoms with van der Waals surface area (Å²) in [5.74, 6) is 0.442. The number of benzene rings is 1. The van der Waals surface area contributed by atoms with E-state index in [1.54, 1.807) is 24.3 Å². The molecule has 4 aromatic rings. The Morgan fingerprint density at radius 1 is 1.07 bits per heavy atom. The van der Waals surface area contributed by atoms with Gasteiger partial charge in [0.05, 0.1) is 29.6 Å². The van der Waals surface area contributed by atoms with Gasteiger partial charge in [-0.1, -0.05) is 12.1 Å². The molecule has 0 aliphatic carbocycles. The fourth-order valence-corrected chi connectivity index (χ4v) is 4.30. The Kier molecular flexibility index (Phi) is 3.58. The van der Waals surface area contributed by atoms with Crippen molar-refractivity contribution in [3.63, 3.8) is 0 Å². The monoisotopic (exact) mass is 397 g/mol. The lowest BCUT2D eigenvalue weighted by atomic mass is 10.2. The van der Waals surface area contributed by atoms with Gasteiger partial charge in [-0.15, -0.1) is 0 Å². The molecule has 2 saturated heterocycles. The van der Waals surface area contributed by atoms with Gasteiger partial charge in [0.1, 0.15) is 5.52 Å². The minimum Gasteiger partial charge on any atom is -0.371 e. The highest BCUT2D eigenvalue weighted by Gasteiger charge is 2.35. The first-order chi connectivity index (χ1) is 14.2. The fourth-order valence-electron chi connectivity index (χ4n) is 4.30. The number of nitrogens with zero attached hydrogens (tertiary/aromatic N) is 6. The largest absolute Gasteiger partial charge is 0.371 e. The number of aromatic amines is 1. The van der Waals surface area contributed by atoms with Crippen molar-refractivity contribution in [1.29, 1.82) is 0 Å². The number of imidazole rings is 2. The van der Waals surface area contributed by atoms with Crippen LogP contribution in [0.2, 0.25) is 0 Å². The molecule has 1 N–H and O–H groups in total. The maximum Gasteiger partial charge on any atom is 0.296 e. The third-order valence-corrected chi connectivity index (χ3v) is 5.57. The molecule has 10 heteroatoms. The molecule has 0 radical (unpaired) electrons. The minimum atomic E-state index is -2.75. The Morgan fingerprint density at radius 3 is 2.66 bits per heavy atom. The normalized spacial score (nSPS) is 21.7. The molecule has 1 aromatic carbocycles. The van der Waals surface area contributed by atoms with E-state index in [9.17, 15) is 8.78 Å². The number of hydrogen-bond donors (Lipinski definition) is 1. The summed E-state index contributed by atoms with van der Waals surface area (Å²) in [6.07, 6.45) is 1.08. The molecule has 2 aliphatic heterocycles. The number of halogens is 2. The Morgan fingerprint density at radius 2 is 1.86 bits per heavy atom. The van der Waals surface area contributed by atoms with Crippen molar-refractivity contribution in [1.82, 2.24) is 29.5 Å². The summed E-state index contributed by atoms with van der Waals surface area (Å²) in [7, 11) is 0. The summed E-state index contributed by atoms with van der Waals surface area (Å²) in [5, 5.41) is 0. The molecular weight excluding hydrogens is 380 g/mol. The summed E-state index contributed by atoms with van der Waals surface area (Å²) in [5.41, 5.74) is 1.97. The number of para-hydroxylation sites is 2. The van der Waals surface area contributed by atoms with E-state index in [1.807, 2.05) is 0 Å². The van der Waals surface area contributed by atoms with Crippen LogP contribution in [0.25, 0.3) is 28.0 Å². The number of ether oxygens (including phenoxy) is 1. The van der Waals surface area contributed by atoms with Gasteiger partial charge in [-0.05, 0) is 25.0 Å². The van der Waals surface area contributed by atoms with Gasteiger partial charge in [0.25, 0.3) is 6.43 Å². The minimum absolute atomic E-state index is 0.154. The number of hydrogen-bond acceptors (Lipinski definition) is 6. The zero-order valence-corrected chi connectivity index (χ0v) is 15.3. The molecule has 2 aliphatic rings. The van der Waals surface area contributed by atoms with Gasteiger partial charge in [-0.2, -0.15) is 9.97 Å². The van der Waals surface area contributed by atoms with Crippen LogP contribution in [-0.2, 0) is 4.74 Å². The highest BCUT2D eigenvalue weighted by Crippen LogP contribution is 2.32. The smallest absolute Gasteiger partial charge is 0.296 e. The lowest BCUT2D eigenvalue weighted by Gasteiger charge is -2.32. The van der Waals surface area contributed by atoms with Gasteiger partial charge in [0, 0.05) is 13.1 Å². The number of rotatable bonds is 3. The number of H-pyrrole nitrogens is 1. The van der Waals surface area contributed by atoms with Crippen LogP contribution in [-0.4, -0.2) is 54.8 Å². The molecule has 3 aromatic heterocycles. The van der Waals surface area contributed by atoms with Crippen molar-refractivity contribution in [3.05, 3.63) is 36.4 Å². The molecule has 2 fully saturated rings. The Hall–Kier alpha value is -3.14. The maximum absolute atomic E-state index is 13.9. The maximum atomic E-state index is 13.9. The van der Waals surface area contributed by atoms with E-state index < -0.39 is 6.43 Å². The zero-order chi connectivity index (χ0) is 19.5. The summed E-state index contributed by atoms with van der Waals surface area (Å²) in [6, 6.07) is 7.04. The van der Waals surface area contributed by atoms with E-state index in [0.29, 0.717) is 47.1 Å². The number of nitrogens with one attached hydrogen (secondary N) is 1. The molecule has 6 rings (SSSR count). The Labute approximate surface area is 163 Å². The van der Waals surface area contributed by atoms with E-state index in [-0.39, 0.29) is 18.0 Å². The number of fused-ring (bicyclic) bond motifs is 4. The highest BCUT2D eigenvalue weighted by atomic mass is 19.3. The van der Waals surface area contributed by atoms with Crippen molar-refractivity contribution >= 4 is 28.1 Å². The fraction of sp³-hybridized carbons (Fsp3) is 0.368. The van der Waals surface area contributed by atoms with Gasteiger partial charge in [0.15, 0.2) is 17.3 Å². The molecule has 2 atom stereocenters. The summed E-state index contributed by atoms with van der Waals surface area (Å²) < 4.78 is 35.0. The van der Waals surface area contributed by atoms with Gasteiger partial charge < -0.3 is 14.6 Å². The second kappa shape index (κ2) is 6.18. The number of anilines is 1. The second-order valence-corrected chi connectivity index (χ2v) is 7.41. The first kappa shape index (κ1) is 16.8. The van der Waals surface area contributed by atoms with Crippen LogP contribution in [0.15, 0.2) is 30.6 Å². The van der Waals surface area contributed by atoms with Crippen LogP contribution in [0.4, 0.5) is 14.7 Å². The van der Waals surface area contributed by atoms with Crippen molar-refractivity contribution in [2.75, 3.05) is 18.0 Å². The van der Waals surface area contributed by atoms with Crippen LogP contribution in [0.3, 0.4) is 0 Å². The van der Waals surface area contributed by atoms with Gasteiger partial charge in [-0.25, -0.2) is 18.7 Å². The van der Waals surface area contributed by atoms with Crippen molar-refractivity contribution in [2.24, 2.45) is 0 Å². The molecule has 1 unspecified atom stereocenters. The molecule has 29 heavy (non-hydrogen) atoms. The third kappa shape index (κ3) is 2.59. The van der Waals surface area contributed by atoms with Gasteiger partial charge >= 0.3 is 0 Å². The summed E-state index contributed by atoms with van der Waals surface area (Å²) >= 11 is 0. The molecular formula is C19H17F2N7O. The van der Waals surface area contributed by atoms with Crippen LogP contribution >= 0.6 is 0 Å². The molecule has 0 saturated carbocycles. The zero-order valence-electron chi connectivity index (χ0n) is 15.3. The van der Waals surface area contributed by atoms with Crippen molar-refractivity contribution in [2.45, 2.75) is 31.5 Å². The summed E-state index contributed by atoms with van der Waals surface area (Å²) in [6.45, 7) is 1.36. The van der Waals surface area contributed by atoms with Crippen LogP contribution in [0.1, 0.15) is 25.1 Å². The second-order valence-electron chi connectivity index (χ2n) is 7.41. The molecule has 8 nitrogen and oxygen atoms in total. The Balaban J connectivity index is 1.58. The van der Waals surface area contributed by atoms with Crippen LogP contribution in [0, 0.1) is 0 Å². The van der Waals surface area contributed by atoms with Crippen LogP contribution in [0.5, 0.6) is 0 Å². The molecule has 2 bridgehead atoms. The topological polar surface area (TPSA) is 84.8 Å². The van der Waals surface area contributed by atoms with Crippen molar-refractivity contribution < 1.29 is 13.5 Å². The number of alkyl halides is 2. The first-order valence-corrected chi connectivity index (χ1v) is 9.55. The van der Waals surface area contributed by atoms with E-state index in [4.69, 9.17) is 9.72 Å². The third-order valence-electron chi connectivity index (χ3n) is 5.57. The lowest BCUT2D eigenvalue weighted by Crippen LogP contribution is -2.43. The molecule has 5 heterocycles. The van der Waals surface area contributed by atoms with Crippen LogP contribution < -0.4 is 4.90 Å². The number of aromatic nitrogens is 6. The quantitative estimate of drug-likeness (QED) is 0.572. The van der Waals surface area contributed by atoms with Gasteiger partial charge in [-0.3, -0.25) is 4.57 Å². The first-order valence-electron chi connectivity index (χ1n) is 9.55. The predicted molar refractivity (Wildman–Crippen MR) is 101 cm³/mol. The van der Waals surface area contributed by atoms with E-state index in [1.165, 1.54) is 10.9 Å². The molecule has 0 spiro atoms.